The molecule has 3 rings (SSSR count). The van der Waals surface area contributed by atoms with E-state index in [9.17, 15) is 14.7 Å². The van der Waals surface area contributed by atoms with E-state index in [2.05, 4.69) is 15.9 Å². The highest BCUT2D eigenvalue weighted by Crippen LogP contribution is 2.29. The molecule has 9 heteroatoms. The standard InChI is InChI=1S/C27H38N6O3/c1-31(28-34)21-26(19-24-13-7-3-8-14-24)33(30-36)22-27(20-25-15-9-4-10-16-25)32(29-35)18-17-23-11-5-2-6-12-23/h2,4-6,9-12,15-16,24,26-27H,3,7-8,13-14,17-22H2,1H3/t26-,27+/m1/s1. The second-order valence-corrected chi connectivity index (χ2v) is 9.84. The van der Waals surface area contributed by atoms with Gasteiger partial charge >= 0.3 is 0 Å². The Kier molecular flexibility index (Phi) is 11.3. The Labute approximate surface area is 213 Å². The minimum absolute atomic E-state index is 0.239. The van der Waals surface area contributed by atoms with E-state index in [1.54, 1.807) is 7.05 Å². The lowest BCUT2D eigenvalue weighted by Gasteiger charge is -2.36. The van der Waals surface area contributed by atoms with E-state index in [4.69, 9.17) is 0 Å². The molecule has 0 heterocycles. The number of hydrogen-bond donors (Lipinski definition) is 0. The van der Waals surface area contributed by atoms with Crippen LogP contribution in [0.25, 0.3) is 0 Å². The summed E-state index contributed by atoms with van der Waals surface area (Å²) in [6, 6.07) is 19.2. The molecular weight excluding hydrogens is 456 g/mol. The van der Waals surface area contributed by atoms with E-state index in [0.29, 0.717) is 31.8 Å². The molecule has 0 radical (unpaired) electrons. The smallest absolute Gasteiger partial charge is 0.0735 e. The molecule has 0 saturated heterocycles. The Bertz CT molecular complexity index is 910. The van der Waals surface area contributed by atoms with Crippen LogP contribution in [0, 0.1) is 20.6 Å². The maximum Gasteiger partial charge on any atom is 0.0735 e. The summed E-state index contributed by atoms with van der Waals surface area (Å²) in [7, 11) is 1.62. The van der Waals surface area contributed by atoms with Crippen molar-refractivity contribution in [3.05, 3.63) is 86.5 Å². The Morgan fingerprint density at radius 3 is 1.94 bits per heavy atom. The van der Waals surface area contributed by atoms with Gasteiger partial charge < -0.3 is 0 Å². The lowest BCUT2D eigenvalue weighted by atomic mass is 9.84. The first-order valence-electron chi connectivity index (χ1n) is 12.9. The van der Waals surface area contributed by atoms with Gasteiger partial charge in [0.1, 0.15) is 0 Å². The Hall–Kier alpha value is -3.36. The molecule has 1 aliphatic rings. The van der Waals surface area contributed by atoms with Crippen LogP contribution in [0.1, 0.15) is 49.7 Å². The van der Waals surface area contributed by atoms with Crippen LogP contribution in [0.15, 0.2) is 76.5 Å². The van der Waals surface area contributed by atoms with Crippen molar-refractivity contribution in [3.8, 4) is 0 Å². The molecule has 0 spiro atoms. The average Bonchev–Trinajstić information content (AvgIpc) is 2.93. The number of nitrogens with zero attached hydrogens (tertiary/aromatic N) is 6. The van der Waals surface area contributed by atoms with Crippen LogP contribution in [0.3, 0.4) is 0 Å². The van der Waals surface area contributed by atoms with E-state index in [0.717, 1.165) is 30.4 Å². The van der Waals surface area contributed by atoms with Crippen molar-refractivity contribution in [2.24, 2.45) is 21.8 Å². The molecule has 2 aromatic carbocycles. The van der Waals surface area contributed by atoms with E-state index in [-0.39, 0.29) is 18.6 Å². The lowest BCUT2D eigenvalue weighted by Crippen LogP contribution is -2.48. The highest BCUT2D eigenvalue weighted by molar-refractivity contribution is 5.17. The molecule has 36 heavy (non-hydrogen) atoms. The van der Waals surface area contributed by atoms with Crippen molar-refractivity contribution in [2.45, 2.75) is 63.5 Å². The topological polar surface area (TPSA) is 98.0 Å². The van der Waals surface area contributed by atoms with Crippen LogP contribution in [0.2, 0.25) is 0 Å². The van der Waals surface area contributed by atoms with Gasteiger partial charge in [-0.2, -0.15) is 0 Å². The predicted molar refractivity (Wildman–Crippen MR) is 142 cm³/mol. The maximum atomic E-state index is 12.2. The third kappa shape index (κ3) is 8.70. The zero-order chi connectivity index (χ0) is 25.6. The number of rotatable bonds is 16. The van der Waals surface area contributed by atoms with Crippen molar-refractivity contribution in [2.75, 3.05) is 26.7 Å². The summed E-state index contributed by atoms with van der Waals surface area (Å²) in [5.41, 5.74) is 2.17. The summed E-state index contributed by atoms with van der Waals surface area (Å²) in [6.07, 6.45) is 7.83. The van der Waals surface area contributed by atoms with Gasteiger partial charge in [-0.05, 0) is 36.3 Å². The van der Waals surface area contributed by atoms with Gasteiger partial charge in [-0.15, -0.1) is 14.7 Å². The molecule has 0 aromatic heterocycles. The van der Waals surface area contributed by atoms with Gasteiger partial charge in [-0.25, -0.2) is 0 Å². The fourth-order valence-electron chi connectivity index (χ4n) is 5.23. The SMILES string of the molecule is CN(C[C@@H](CC1CCCCC1)N(C[C@H](Cc1ccccc1)N(CCc1ccccc1)N=O)N=O)N=O. The van der Waals surface area contributed by atoms with Gasteiger partial charge in [0.05, 0.1) is 41.0 Å². The van der Waals surface area contributed by atoms with Crippen molar-refractivity contribution in [3.63, 3.8) is 0 Å². The van der Waals surface area contributed by atoms with Crippen molar-refractivity contribution >= 4 is 0 Å². The average molecular weight is 495 g/mol. The maximum absolute atomic E-state index is 12.2. The molecule has 0 N–H and O–H groups in total. The molecule has 2 aromatic rings. The largest absolute Gasteiger partial charge is 0.262 e. The molecule has 0 bridgehead atoms. The van der Waals surface area contributed by atoms with Gasteiger partial charge in [0.25, 0.3) is 0 Å². The molecule has 2 atom stereocenters. The Balaban J connectivity index is 1.79. The van der Waals surface area contributed by atoms with Gasteiger partial charge in [0, 0.05) is 13.6 Å². The molecule has 1 aliphatic carbocycles. The van der Waals surface area contributed by atoms with Gasteiger partial charge in [0.2, 0.25) is 0 Å². The lowest BCUT2D eigenvalue weighted by molar-refractivity contribution is 0.0790. The van der Waals surface area contributed by atoms with E-state index >= 15 is 0 Å². The van der Waals surface area contributed by atoms with Crippen molar-refractivity contribution < 1.29 is 0 Å². The first kappa shape index (κ1) is 27.2. The summed E-state index contributed by atoms with van der Waals surface area (Å²) >= 11 is 0. The summed E-state index contributed by atoms with van der Waals surface area (Å²) in [5.74, 6) is 0.485. The zero-order valence-corrected chi connectivity index (χ0v) is 21.2. The van der Waals surface area contributed by atoms with Crippen LogP contribution in [0.4, 0.5) is 0 Å². The first-order chi connectivity index (χ1) is 17.6. The fourth-order valence-corrected chi connectivity index (χ4v) is 5.23. The number of nitroso groups, excluding NO2 is 3. The highest BCUT2D eigenvalue weighted by Gasteiger charge is 2.30. The van der Waals surface area contributed by atoms with Crippen molar-refractivity contribution in [1.82, 2.24) is 15.0 Å². The summed E-state index contributed by atoms with van der Waals surface area (Å²) in [4.78, 5) is 35.3. The molecule has 0 aliphatic heterocycles. The molecule has 9 nitrogen and oxygen atoms in total. The van der Waals surface area contributed by atoms with Crippen LogP contribution in [-0.4, -0.2) is 53.8 Å². The monoisotopic (exact) mass is 494 g/mol. The quantitative estimate of drug-likeness (QED) is 0.217. The second-order valence-electron chi connectivity index (χ2n) is 9.84. The van der Waals surface area contributed by atoms with Crippen LogP contribution >= 0.6 is 0 Å². The van der Waals surface area contributed by atoms with Gasteiger partial charge in [-0.1, -0.05) is 92.8 Å². The normalized spacial score (nSPS) is 15.5. The number of hydrogen-bond acceptors (Lipinski definition) is 6. The molecule has 1 fully saturated rings. The molecule has 0 unspecified atom stereocenters. The van der Waals surface area contributed by atoms with Crippen LogP contribution in [-0.2, 0) is 12.8 Å². The van der Waals surface area contributed by atoms with Crippen molar-refractivity contribution in [1.29, 1.82) is 0 Å². The summed E-state index contributed by atoms with van der Waals surface area (Å²) in [6.45, 7) is 0.978. The fraction of sp³-hybridized carbons (Fsp3) is 0.556. The van der Waals surface area contributed by atoms with E-state index in [1.807, 2.05) is 60.7 Å². The van der Waals surface area contributed by atoms with Crippen LogP contribution in [0.5, 0.6) is 0 Å². The molecule has 194 valence electrons. The summed E-state index contributed by atoms with van der Waals surface area (Å²) in [5, 5.41) is 14.2. The third-order valence-corrected chi connectivity index (χ3v) is 7.18. The summed E-state index contributed by atoms with van der Waals surface area (Å²) < 4.78 is 0. The highest BCUT2D eigenvalue weighted by atomic mass is 16.3. The Morgan fingerprint density at radius 2 is 1.36 bits per heavy atom. The number of likely N-dealkylation sites (N-methyl/N-ethyl adjacent to an activating group) is 1. The number of benzene rings is 2. The Morgan fingerprint density at radius 1 is 0.750 bits per heavy atom. The third-order valence-electron chi connectivity index (χ3n) is 7.18. The molecular formula is C27H38N6O3. The van der Waals surface area contributed by atoms with Crippen LogP contribution < -0.4 is 0 Å². The zero-order valence-electron chi connectivity index (χ0n) is 21.2. The van der Waals surface area contributed by atoms with Gasteiger partial charge in [-0.3, -0.25) is 15.0 Å². The minimum atomic E-state index is -0.352. The predicted octanol–water partition coefficient (Wildman–Crippen LogP) is 5.76. The minimum Gasteiger partial charge on any atom is -0.262 e. The van der Waals surface area contributed by atoms with E-state index < -0.39 is 0 Å². The first-order valence-corrected chi connectivity index (χ1v) is 12.9. The second kappa shape index (κ2) is 14.9. The molecule has 1 saturated carbocycles. The van der Waals surface area contributed by atoms with E-state index in [1.165, 1.54) is 34.3 Å². The van der Waals surface area contributed by atoms with Gasteiger partial charge in [0.15, 0.2) is 0 Å². The molecule has 0 amide bonds.